The lowest BCUT2D eigenvalue weighted by Gasteiger charge is -2.38. The summed E-state index contributed by atoms with van der Waals surface area (Å²) in [6, 6.07) is 0.475. The molecule has 0 bridgehead atoms. The van der Waals surface area contributed by atoms with Gasteiger partial charge < -0.3 is 15.1 Å². The Hall–Kier alpha value is -0.810. The van der Waals surface area contributed by atoms with Crippen LogP contribution in [0.4, 0.5) is 4.79 Å². The Labute approximate surface area is 137 Å². The highest BCUT2D eigenvalue weighted by atomic mass is 16.2. The molecule has 0 spiro atoms. The number of nitrogens with one attached hydrogen (secondary N) is 1. The monoisotopic (exact) mass is 312 g/mol. The van der Waals surface area contributed by atoms with E-state index in [1.165, 1.54) is 0 Å². The number of nitrogens with zero attached hydrogens (tertiary/aromatic N) is 3. The van der Waals surface area contributed by atoms with Crippen LogP contribution in [0.5, 0.6) is 0 Å². The van der Waals surface area contributed by atoms with Gasteiger partial charge in [-0.1, -0.05) is 34.6 Å². The van der Waals surface area contributed by atoms with Crippen LogP contribution in [0.15, 0.2) is 0 Å². The van der Waals surface area contributed by atoms with Crippen molar-refractivity contribution in [3.05, 3.63) is 0 Å². The Balaban J connectivity index is 2.54. The van der Waals surface area contributed by atoms with Gasteiger partial charge in [-0.15, -0.1) is 0 Å². The lowest BCUT2D eigenvalue weighted by Crippen LogP contribution is -2.56. The van der Waals surface area contributed by atoms with Crippen molar-refractivity contribution in [2.45, 2.75) is 40.7 Å². The molecule has 1 atom stereocenters. The van der Waals surface area contributed by atoms with Crippen molar-refractivity contribution in [3.63, 3.8) is 0 Å². The van der Waals surface area contributed by atoms with E-state index < -0.39 is 0 Å². The van der Waals surface area contributed by atoms with E-state index in [4.69, 9.17) is 0 Å². The number of carbonyl (C=O) groups excluding carboxylic acids is 1. The zero-order valence-electron chi connectivity index (χ0n) is 15.6. The molecule has 5 nitrogen and oxygen atoms in total. The molecule has 22 heavy (non-hydrogen) atoms. The molecule has 1 N–H and O–H groups in total. The number of likely N-dealkylation sites (N-methyl/N-ethyl adjacent to an activating group) is 2. The molecule has 1 heterocycles. The Morgan fingerprint density at radius 3 is 2.45 bits per heavy atom. The first-order valence-corrected chi connectivity index (χ1v) is 8.50. The first-order valence-electron chi connectivity index (χ1n) is 8.50. The minimum atomic E-state index is 0.0743. The number of hydrogen-bond acceptors (Lipinski definition) is 3. The number of urea groups is 1. The van der Waals surface area contributed by atoms with E-state index >= 15 is 0 Å². The molecule has 0 radical (unpaired) electrons. The molecule has 0 aromatic carbocycles. The van der Waals surface area contributed by atoms with Crippen LogP contribution >= 0.6 is 0 Å². The Morgan fingerprint density at radius 2 is 1.91 bits per heavy atom. The SMILES string of the molecule is CC(C)CN(CC(C)(C)C)C(=O)NCC1CN(C)CCN1C. The first kappa shape index (κ1) is 19.2. The molecule has 1 fully saturated rings. The first-order chi connectivity index (χ1) is 10.1. The van der Waals surface area contributed by atoms with E-state index in [1.54, 1.807) is 0 Å². The fourth-order valence-electron chi connectivity index (χ4n) is 2.87. The van der Waals surface area contributed by atoms with Crippen LogP contribution in [0, 0.1) is 11.3 Å². The molecule has 5 heteroatoms. The predicted molar refractivity (Wildman–Crippen MR) is 93.2 cm³/mol. The van der Waals surface area contributed by atoms with Gasteiger partial charge in [0.25, 0.3) is 0 Å². The largest absolute Gasteiger partial charge is 0.336 e. The number of carbonyl (C=O) groups is 1. The van der Waals surface area contributed by atoms with E-state index in [2.05, 4.69) is 63.8 Å². The summed E-state index contributed by atoms with van der Waals surface area (Å²) < 4.78 is 0. The van der Waals surface area contributed by atoms with Crippen molar-refractivity contribution < 1.29 is 4.79 Å². The van der Waals surface area contributed by atoms with Crippen LogP contribution in [0.1, 0.15) is 34.6 Å². The van der Waals surface area contributed by atoms with Gasteiger partial charge in [0, 0.05) is 45.3 Å². The Kier molecular flexibility index (Phi) is 7.13. The maximum Gasteiger partial charge on any atom is 0.317 e. The fraction of sp³-hybridized carbons (Fsp3) is 0.941. The normalized spacial score (nSPS) is 21.2. The van der Waals surface area contributed by atoms with Gasteiger partial charge in [0.2, 0.25) is 0 Å². The van der Waals surface area contributed by atoms with E-state index in [0.717, 1.165) is 39.3 Å². The lowest BCUT2D eigenvalue weighted by molar-refractivity contribution is 0.110. The molecular formula is C17H36N4O. The second-order valence-electron chi connectivity index (χ2n) is 8.42. The maximum atomic E-state index is 12.6. The summed E-state index contributed by atoms with van der Waals surface area (Å²) in [6.45, 7) is 16.4. The fourth-order valence-corrected chi connectivity index (χ4v) is 2.87. The second kappa shape index (κ2) is 8.16. The summed E-state index contributed by atoms with van der Waals surface area (Å²) in [5.74, 6) is 0.483. The van der Waals surface area contributed by atoms with Crippen molar-refractivity contribution in [2.75, 3.05) is 53.4 Å². The number of hydrogen-bond donors (Lipinski definition) is 1. The standard InChI is InChI=1S/C17H36N4O/c1-14(2)11-21(13-17(3,4)5)16(22)18-10-15-12-19(6)8-9-20(15)7/h14-15H,8-13H2,1-7H3,(H,18,22). The van der Waals surface area contributed by atoms with Crippen LogP contribution in [0.25, 0.3) is 0 Å². The third-order valence-electron chi connectivity index (χ3n) is 4.01. The van der Waals surface area contributed by atoms with Crippen LogP contribution in [-0.2, 0) is 0 Å². The number of rotatable bonds is 5. The summed E-state index contributed by atoms with van der Waals surface area (Å²) in [6.07, 6.45) is 0. The summed E-state index contributed by atoms with van der Waals surface area (Å²) in [7, 11) is 4.29. The van der Waals surface area contributed by atoms with Crippen molar-refractivity contribution >= 4 is 6.03 Å². The van der Waals surface area contributed by atoms with Crippen molar-refractivity contribution in [3.8, 4) is 0 Å². The zero-order valence-corrected chi connectivity index (χ0v) is 15.6. The van der Waals surface area contributed by atoms with Crippen LogP contribution in [0.2, 0.25) is 0 Å². The van der Waals surface area contributed by atoms with Gasteiger partial charge in [-0.2, -0.15) is 0 Å². The number of piperazine rings is 1. The predicted octanol–water partition coefficient (Wildman–Crippen LogP) is 1.95. The molecule has 1 aliphatic heterocycles. The molecular weight excluding hydrogens is 276 g/mol. The molecule has 1 unspecified atom stereocenters. The van der Waals surface area contributed by atoms with Gasteiger partial charge in [-0.3, -0.25) is 4.90 Å². The minimum Gasteiger partial charge on any atom is -0.336 e. The van der Waals surface area contributed by atoms with E-state index in [0.29, 0.717) is 12.0 Å². The highest BCUT2D eigenvalue weighted by Gasteiger charge is 2.25. The smallest absolute Gasteiger partial charge is 0.317 e. The van der Waals surface area contributed by atoms with Gasteiger partial charge in [0.1, 0.15) is 0 Å². The lowest BCUT2D eigenvalue weighted by atomic mass is 9.96. The van der Waals surface area contributed by atoms with Gasteiger partial charge in [0.05, 0.1) is 0 Å². The molecule has 1 saturated heterocycles. The van der Waals surface area contributed by atoms with E-state index in [1.807, 2.05) is 4.90 Å². The average molecular weight is 313 g/mol. The van der Waals surface area contributed by atoms with Crippen molar-refractivity contribution in [1.29, 1.82) is 0 Å². The third-order valence-corrected chi connectivity index (χ3v) is 4.01. The average Bonchev–Trinajstić information content (AvgIpc) is 2.36. The molecule has 0 saturated carbocycles. The van der Waals surface area contributed by atoms with Crippen molar-refractivity contribution in [1.82, 2.24) is 20.0 Å². The minimum absolute atomic E-state index is 0.0743. The number of amides is 2. The van der Waals surface area contributed by atoms with Gasteiger partial charge >= 0.3 is 6.03 Å². The highest BCUT2D eigenvalue weighted by Crippen LogP contribution is 2.16. The van der Waals surface area contributed by atoms with Crippen LogP contribution in [-0.4, -0.2) is 80.1 Å². The van der Waals surface area contributed by atoms with Gasteiger partial charge in [-0.05, 0) is 25.4 Å². The molecule has 130 valence electrons. The summed E-state index contributed by atoms with van der Waals surface area (Å²) in [5.41, 5.74) is 0.119. The highest BCUT2D eigenvalue weighted by molar-refractivity contribution is 5.74. The summed E-state index contributed by atoms with van der Waals surface area (Å²) in [5, 5.41) is 3.15. The molecule has 2 amide bonds. The maximum absolute atomic E-state index is 12.6. The topological polar surface area (TPSA) is 38.8 Å². The Bertz CT molecular complexity index is 351. The molecule has 0 aromatic rings. The van der Waals surface area contributed by atoms with Crippen LogP contribution < -0.4 is 5.32 Å². The molecule has 0 aliphatic carbocycles. The molecule has 1 aliphatic rings. The zero-order chi connectivity index (χ0) is 16.9. The van der Waals surface area contributed by atoms with Crippen molar-refractivity contribution in [2.24, 2.45) is 11.3 Å². The Morgan fingerprint density at radius 1 is 1.27 bits per heavy atom. The van der Waals surface area contributed by atoms with E-state index in [9.17, 15) is 4.79 Å². The van der Waals surface area contributed by atoms with Gasteiger partial charge in [0.15, 0.2) is 0 Å². The quantitative estimate of drug-likeness (QED) is 0.843. The van der Waals surface area contributed by atoms with Gasteiger partial charge in [-0.25, -0.2) is 4.79 Å². The third kappa shape index (κ3) is 6.97. The second-order valence-corrected chi connectivity index (χ2v) is 8.42. The summed E-state index contributed by atoms with van der Waals surface area (Å²) >= 11 is 0. The molecule has 0 aromatic heterocycles. The van der Waals surface area contributed by atoms with Crippen LogP contribution in [0.3, 0.4) is 0 Å². The summed E-state index contributed by atoms with van der Waals surface area (Å²) in [4.78, 5) is 19.2. The molecule has 1 rings (SSSR count). The van der Waals surface area contributed by atoms with E-state index in [-0.39, 0.29) is 11.4 Å².